The molecule has 120 valence electrons. The van der Waals surface area contributed by atoms with Gasteiger partial charge in [0.1, 0.15) is 0 Å². The molecule has 0 unspecified atom stereocenters. The molecule has 2 aromatic heterocycles. The molecule has 6 heteroatoms. The summed E-state index contributed by atoms with van der Waals surface area (Å²) in [5.41, 5.74) is 2.81. The van der Waals surface area contributed by atoms with Crippen LogP contribution in [0.15, 0.2) is 55.0 Å². The lowest BCUT2D eigenvalue weighted by Crippen LogP contribution is -2.36. The predicted molar refractivity (Wildman–Crippen MR) is 91.3 cm³/mol. The predicted octanol–water partition coefficient (Wildman–Crippen LogP) is 3.12. The van der Waals surface area contributed by atoms with E-state index >= 15 is 0 Å². The number of carbonyl (C=O) groups excluding carboxylic acids is 1. The van der Waals surface area contributed by atoms with Gasteiger partial charge in [-0.3, -0.25) is 4.79 Å². The molecule has 0 atom stereocenters. The number of fused-ring (bicyclic) bond motifs is 1. The highest BCUT2D eigenvalue weighted by atomic mass is 35.5. The Kier molecular flexibility index (Phi) is 3.78. The molecular formula is C18H15ClN4O. The third kappa shape index (κ3) is 2.67. The zero-order valence-electron chi connectivity index (χ0n) is 12.9. The van der Waals surface area contributed by atoms with Crippen LogP contribution in [-0.2, 0) is 13.0 Å². The lowest BCUT2D eigenvalue weighted by molar-refractivity contribution is 0.0735. The molecule has 1 aliphatic heterocycles. The number of aromatic nitrogens is 3. The van der Waals surface area contributed by atoms with Crippen LogP contribution in [0.2, 0.25) is 5.02 Å². The summed E-state index contributed by atoms with van der Waals surface area (Å²) in [6.45, 7) is 1.21. The lowest BCUT2D eigenvalue weighted by atomic mass is 9.99. The number of hydrogen-bond donors (Lipinski definition) is 0. The van der Waals surface area contributed by atoms with Crippen molar-refractivity contribution in [2.75, 3.05) is 6.54 Å². The third-order valence-corrected chi connectivity index (χ3v) is 4.57. The molecule has 3 heterocycles. The van der Waals surface area contributed by atoms with Crippen LogP contribution < -0.4 is 0 Å². The quantitative estimate of drug-likeness (QED) is 0.721. The maximum atomic E-state index is 12.8. The fraction of sp³-hybridized carbons (Fsp3) is 0.167. The van der Waals surface area contributed by atoms with E-state index in [2.05, 4.69) is 16.1 Å². The molecule has 24 heavy (non-hydrogen) atoms. The number of amides is 1. The highest BCUT2D eigenvalue weighted by molar-refractivity contribution is 6.31. The smallest absolute Gasteiger partial charge is 0.257 e. The molecule has 0 radical (unpaired) electrons. The molecule has 4 rings (SSSR count). The van der Waals surface area contributed by atoms with Crippen LogP contribution in [0.1, 0.15) is 21.5 Å². The Balaban J connectivity index is 1.57. The average molecular weight is 339 g/mol. The second kappa shape index (κ2) is 6.09. The number of carbonyl (C=O) groups is 1. The number of benzene rings is 1. The van der Waals surface area contributed by atoms with Gasteiger partial charge in [0.25, 0.3) is 5.91 Å². The molecular weight excluding hydrogens is 324 g/mol. The zero-order chi connectivity index (χ0) is 16.5. The summed E-state index contributed by atoms with van der Waals surface area (Å²) >= 11 is 6.28. The molecule has 0 fully saturated rings. The highest BCUT2D eigenvalue weighted by Gasteiger charge is 2.24. The van der Waals surface area contributed by atoms with Gasteiger partial charge in [0.2, 0.25) is 0 Å². The molecule has 0 saturated heterocycles. The molecule has 0 saturated carbocycles. The van der Waals surface area contributed by atoms with E-state index in [1.165, 1.54) is 5.56 Å². The Hall–Kier alpha value is -2.66. The van der Waals surface area contributed by atoms with Crippen LogP contribution in [0.4, 0.5) is 0 Å². The van der Waals surface area contributed by atoms with E-state index in [4.69, 9.17) is 11.6 Å². The zero-order valence-corrected chi connectivity index (χ0v) is 13.6. The van der Waals surface area contributed by atoms with E-state index in [-0.39, 0.29) is 5.91 Å². The van der Waals surface area contributed by atoms with Crippen molar-refractivity contribution in [3.05, 3.63) is 76.7 Å². The molecule has 5 nitrogen and oxygen atoms in total. The van der Waals surface area contributed by atoms with E-state index in [0.717, 1.165) is 12.0 Å². The molecule has 0 N–H and O–H groups in total. The summed E-state index contributed by atoms with van der Waals surface area (Å²) in [5, 5.41) is 4.96. The van der Waals surface area contributed by atoms with Gasteiger partial charge >= 0.3 is 0 Å². The lowest BCUT2D eigenvalue weighted by Gasteiger charge is -2.29. The Morgan fingerprint density at radius 1 is 1.17 bits per heavy atom. The van der Waals surface area contributed by atoms with Gasteiger partial charge in [0, 0.05) is 30.5 Å². The first-order valence-electron chi connectivity index (χ1n) is 7.74. The second-order valence-corrected chi connectivity index (χ2v) is 6.12. The first kappa shape index (κ1) is 14.9. The van der Waals surface area contributed by atoms with E-state index in [9.17, 15) is 4.79 Å². The summed E-state index contributed by atoms with van der Waals surface area (Å²) in [6, 6.07) is 11.5. The Morgan fingerprint density at radius 3 is 2.92 bits per heavy atom. The van der Waals surface area contributed by atoms with Gasteiger partial charge in [-0.2, -0.15) is 5.10 Å². The SMILES string of the molecule is O=C(c1cnn(-c2ccccn2)c1)N1CCc2cccc(Cl)c2C1. The van der Waals surface area contributed by atoms with E-state index in [1.54, 1.807) is 23.3 Å². The Morgan fingerprint density at radius 2 is 2.08 bits per heavy atom. The molecule has 0 bridgehead atoms. The third-order valence-electron chi connectivity index (χ3n) is 4.22. The number of halogens is 1. The minimum absolute atomic E-state index is 0.0391. The van der Waals surface area contributed by atoms with Crippen molar-refractivity contribution >= 4 is 17.5 Å². The van der Waals surface area contributed by atoms with Gasteiger partial charge in [-0.1, -0.05) is 29.8 Å². The van der Waals surface area contributed by atoms with Gasteiger partial charge in [0.15, 0.2) is 5.82 Å². The fourth-order valence-electron chi connectivity index (χ4n) is 2.94. The first-order chi connectivity index (χ1) is 11.7. The molecule has 1 aliphatic rings. The summed E-state index contributed by atoms with van der Waals surface area (Å²) < 4.78 is 1.61. The van der Waals surface area contributed by atoms with Gasteiger partial charge < -0.3 is 4.90 Å². The Labute approximate surface area is 144 Å². The van der Waals surface area contributed by atoms with Crippen molar-refractivity contribution in [3.63, 3.8) is 0 Å². The van der Waals surface area contributed by atoms with Gasteiger partial charge in [0.05, 0.1) is 11.8 Å². The molecule has 0 spiro atoms. The van der Waals surface area contributed by atoms with Crippen molar-refractivity contribution in [2.24, 2.45) is 0 Å². The van der Waals surface area contributed by atoms with Crippen molar-refractivity contribution in [1.82, 2.24) is 19.7 Å². The monoisotopic (exact) mass is 338 g/mol. The standard InChI is InChI=1S/C18H15ClN4O/c19-16-5-3-4-13-7-9-22(12-15(13)16)18(24)14-10-21-23(11-14)17-6-1-2-8-20-17/h1-6,8,10-11H,7,9,12H2. The van der Waals surface area contributed by atoms with Crippen LogP contribution in [0.3, 0.4) is 0 Å². The minimum atomic E-state index is -0.0391. The summed E-state index contributed by atoms with van der Waals surface area (Å²) in [6.07, 6.45) is 5.81. The van der Waals surface area contributed by atoms with E-state index in [1.807, 2.05) is 35.2 Å². The average Bonchev–Trinajstić information content (AvgIpc) is 3.12. The maximum absolute atomic E-state index is 12.8. The van der Waals surface area contributed by atoms with E-state index in [0.29, 0.717) is 29.5 Å². The maximum Gasteiger partial charge on any atom is 0.257 e. The van der Waals surface area contributed by atoms with E-state index < -0.39 is 0 Å². The van der Waals surface area contributed by atoms with Crippen molar-refractivity contribution in [2.45, 2.75) is 13.0 Å². The topological polar surface area (TPSA) is 51.0 Å². The van der Waals surface area contributed by atoms with Crippen LogP contribution in [0.25, 0.3) is 5.82 Å². The normalized spacial score (nSPS) is 13.6. The van der Waals surface area contributed by atoms with Crippen molar-refractivity contribution < 1.29 is 4.79 Å². The van der Waals surface area contributed by atoms with Gasteiger partial charge in [-0.05, 0) is 35.7 Å². The fourth-order valence-corrected chi connectivity index (χ4v) is 3.20. The first-order valence-corrected chi connectivity index (χ1v) is 8.12. The second-order valence-electron chi connectivity index (χ2n) is 5.72. The molecule has 1 aromatic carbocycles. The summed E-state index contributed by atoms with van der Waals surface area (Å²) in [4.78, 5) is 18.8. The summed E-state index contributed by atoms with van der Waals surface area (Å²) in [5.74, 6) is 0.645. The molecule has 0 aliphatic carbocycles. The number of nitrogens with zero attached hydrogens (tertiary/aromatic N) is 4. The highest BCUT2D eigenvalue weighted by Crippen LogP contribution is 2.27. The Bertz CT molecular complexity index is 891. The van der Waals surface area contributed by atoms with Crippen LogP contribution >= 0.6 is 11.6 Å². The van der Waals surface area contributed by atoms with Crippen molar-refractivity contribution in [1.29, 1.82) is 0 Å². The van der Waals surface area contributed by atoms with Crippen LogP contribution in [0.5, 0.6) is 0 Å². The molecule has 3 aromatic rings. The summed E-state index contributed by atoms with van der Waals surface area (Å²) in [7, 11) is 0. The number of rotatable bonds is 2. The molecule has 1 amide bonds. The van der Waals surface area contributed by atoms with Crippen LogP contribution in [-0.4, -0.2) is 32.1 Å². The number of pyridine rings is 1. The minimum Gasteiger partial charge on any atom is -0.334 e. The van der Waals surface area contributed by atoms with Crippen LogP contribution in [0, 0.1) is 0 Å². The number of hydrogen-bond acceptors (Lipinski definition) is 3. The van der Waals surface area contributed by atoms with Crippen molar-refractivity contribution in [3.8, 4) is 5.82 Å². The largest absolute Gasteiger partial charge is 0.334 e. The van der Waals surface area contributed by atoms with Gasteiger partial charge in [-0.15, -0.1) is 0 Å². The van der Waals surface area contributed by atoms with Gasteiger partial charge in [-0.25, -0.2) is 9.67 Å².